The molecule has 0 spiro atoms. The zero-order valence-electron chi connectivity index (χ0n) is 11.7. The van der Waals surface area contributed by atoms with Gasteiger partial charge in [0.1, 0.15) is 12.1 Å². The summed E-state index contributed by atoms with van der Waals surface area (Å²) in [4.78, 5) is 11.9. The molecule has 0 saturated heterocycles. The Morgan fingerprint density at radius 1 is 1.22 bits per heavy atom. The zero-order valence-corrected chi connectivity index (χ0v) is 11.7. The number of carbonyl (C=O) groups is 1. The number of carbonyl (C=O) groups excluding carboxylic acids is 1. The highest BCUT2D eigenvalue weighted by Gasteiger charge is 2.39. The van der Waals surface area contributed by atoms with Crippen LogP contribution in [0.1, 0.15) is 52.4 Å². The van der Waals surface area contributed by atoms with Crippen LogP contribution in [0.3, 0.4) is 0 Å². The van der Waals surface area contributed by atoms with Crippen molar-refractivity contribution in [1.29, 1.82) is 0 Å². The predicted octanol–water partition coefficient (Wildman–Crippen LogP) is 2.25. The monoisotopic (exact) mass is 257 g/mol. The van der Waals surface area contributed by atoms with Crippen molar-refractivity contribution in [3.8, 4) is 0 Å². The maximum atomic E-state index is 11.9. The van der Waals surface area contributed by atoms with E-state index in [4.69, 9.17) is 15.2 Å². The Kier molecular flexibility index (Phi) is 6.65. The lowest BCUT2D eigenvalue weighted by molar-refractivity contribution is -0.153. The third-order valence-electron chi connectivity index (χ3n) is 3.79. The Hall–Kier alpha value is -0.610. The Labute approximate surface area is 110 Å². The molecule has 1 aliphatic rings. The molecule has 4 heteroatoms. The van der Waals surface area contributed by atoms with Gasteiger partial charge < -0.3 is 15.2 Å². The SMILES string of the molecule is CCCOCCOC(=O)C1(N)CCC(CC)CC1. The van der Waals surface area contributed by atoms with Gasteiger partial charge in [-0.25, -0.2) is 0 Å². The summed E-state index contributed by atoms with van der Waals surface area (Å²) in [5.41, 5.74) is 5.39. The van der Waals surface area contributed by atoms with Crippen molar-refractivity contribution in [3.63, 3.8) is 0 Å². The maximum absolute atomic E-state index is 11.9. The van der Waals surface area contributed by atoms with Crippen LogP contribution < -0.4 is 5.73 Å². The molecule has 1 fully saturated rings. The summed E-state index contributed by atoms with van der Waals surface area (Å²) in [5.74, 6) is 0.472. The van der Waals surface area contributed by atoms with E-state index in [1.54, 1.807) is 0 Å². The number of esters is 1. The average Bonchev–Trinajstić information content (AvgIpc) is 2.39. The highest BCUT2D eigenvalue weighted by molar-refractivity contribution is 5.80. The third kappa shape index (κ3) is 4.58. The molecule has 0 unspecified atom stereocenters. The number of nitrogens with two attached hydrogens (primary N) is 1. The first-order valence-corrected chi connectivity index (χ1v) is 7.16. The number of hydrogen-bond donors (Lipinski definition) is 1. The fourth-order valence-corrected chi connectivity index (χ4v) is 2.39. The van der Waals surface area contributed by atoms with E-state index < -0.39 is 5.54 Å². The minimum atomic E-state index is -0.754. The Morgan fingerprint density at radius 3 is 2.44 bits per heavy atom. The van der Waals surface area contributed by atoms with E-state index in [0.717, 1.165) is 38.0 Å². The van der Waals surface area contributed by atoms with Crippen molar-refractivity contribution in [3.05, 3.63) is 0 Å². The van der Waals surface area contributed by atoms with Crippen LogP contribution in [-0.4, -0.2) is 31.3 Å². The topological polar surface area (TPSA) is 61.5 Å². The highest BCUT2D eigenvalue weighted by atomic mass is 16.6. The summed E-state index contributed by atoms with van der Waals surface area (Å²) >= 11 is 0. The van der Waals surface area contributed by atoms with Gasteiger partial charge in [-0.1, -0.05) is 20.3 Å². The second kappa shape index (κ2) is 7.74. The number of ether oxygens (including phenoxy) is 2. The summed E-state index contributed by atoms with van der Waals surface area (Å²) in [6.45, 7) is 5.73. The molecule has 0 atom stereocenters. The average molecular weight is 257 g/mol. The van der Waals surface area contributed by atoms with Crippen LogP contribution >= 0.6 is 0 Å². The molecule has 1 saturated carbocycles. The van der Waals surface area contributed by atoms with Gasteiger partial charge in [0.25, 0.3) is 0 Å². The van der Waals surface area contributed by atoms with Gasteiger partial charge in [-0.15, -0.1) is 0 Å². The summed E-state index contributed by atoms with van der Waals surface area (Å²) in [6.07, 6.45) is 5.73. The first-order chi connectivity index (χ1) is 8.62. The molecule has 1 aliphatic carbocycles. The molecular weight excluding hydrogens is 230 g/mol. The molecular formula is C14H27NO3. The molecule has 0 aromatic rings. The number of rotatable bonds is 7. The van der Waals surface area contributed by atoms with Gasteiger partial charge in [0.15, 0.2) is 0 Å². The van der Waals surface area contributed by atoms with Gasteiger partial charge in [-0.05, 0) is 38.0 Å². The summed E-state index contributed by atoms with van der Waals surface area (Å²) in [6, 6.07) is 0. The Balaban J connectivity index is 2.24. The first-order valence-electron chi connectivity index (χ1n) is 7.16. The molecule has 0 aromatic heterocycles. The second-order valence-electron chi connectivity index (χ2n) is 5.26. The molecule has 106 valence electrons. The predicted molar refractivity (Wildman–Crippen MR) is 71.2 cm³/mol. The van der Waals surface area contributed by atoms with Crippen molar-refractivity contribution in [2.24, 2.45) is 11.7 Å². The molecule has 0 radical (unpaired) electrons. The maximum Gasteiger partial charge on any atom is 0.326 e. The molecule has 4 nitrogen and oxygen atoms in total. The highest BCUT2D eigenvalue weighted by Crippen LogP contribution is 2.32. The molecule has 0 aliphatic heterocycles. The van der Waals surface area contributed by atoms with Gasteiger partial charge in [0, 0.05) is 6.61 Å². The molecule has 0 aromatic carbocycles. The lowest BCUT2D eigenvalue weighted by Gasteiger charge is -2.34. The van der Waals surface area contributed by atoms with E-state index in [2.05, 4.69) is 6.92 Å². The smallest absolute Gasteiger partial charge is 0.326 e. The van der Waals surface area contributed by atoms with Crippen molar-refractivity contribution in [2.75, 3.05) is 19.8 Å². The minimum absolute atomic E-state index is 0.253. The fraction of sp³-hybridized carbons (Fsp3) is 0.929. The van der Waals surface area contributed by atoms with E-state index in [9.17, 15) is 4.79 Å². The second-order valence-corrected chi connectivity index (χ2v) is 5.26. The Bertz CT molecular complexity index is 247. The van der Waals surface area contributed by atoms with Crippen LogP contribution in [0.15, 0.2) is 0 Å². The fourth-order valence-electron chi connectivity index (χ4n) is 2.39. The largest absolute Gasteiger partial charge is 0.462 e. The van der Waals surface area contributed by atoms with Gasteiger partial charge in [0.2, 0.25) is 0 Å². The van der Waals surface area contributed by atoms with E-state index >= 15 is 0 Å². The summed E-state index contributed by atoms with van der Waals surface area (Å²) in [7, 11) is 0. The Morgan fingerprint density at radius 2 is 1.89 bits per heavy atom. The van der Waals surface area contributed by atoms with E-state index in [1.807, 2.05) is 6.92 Å². The van der Waals surface area contributed by atoms with Crippen LogP contribution in [0, 0.1) is 5.92 Å². The number of hydrogen-bond acceptors (Lipinski definition) is 4. The lowest BCUT2D eigenvalue weighted by Crippen LogP contribution is -2.51. The quantitative estimate of drug-likeness (QED) is 0.561. The molecule has 0 bridgehead atoms. The van der Waals surface area contributed by atoms with Gasteiger partial charge >= 0.3 is 5.97 Å². The zero-order chi connectivity index (χ0) is 13.4. The summed E-state index contributed by atoms with van der Waals surface area (Å²) < 4.78 is 10.5. The first kappa shape index (κ1) is 15.4. The molecule has 1 rings (SSSR count). The summed E-state index contributed by atoms with van der Waals surface area (Å²) in [5, 5.41) is 0. The van der Waals surface area contributed by atoms with E-state index in [0.29, 0.717) is 19.8 Å². The van der Waals surface area contributed by atoms with Crippen LogP contribution in [0.5, 0.6) is 0 Å². The third-order valence-corrected chi connectivity index (χ3v) is 3.79. The molecule has 0 heterocycles. The molecule has 2 N–H and O–H groups in total. The van der Waals surface area contributed by atoms with Crippen LogP contribution in [0.2, 0.25) is 0 Å². The van der Waals surface area contributed by atoms with Crippen molar-refractivity contribution in [1.82, 2.24) is 0 Å². The van der Waals surface area contributed by atoms with Crippen molar-refractivity contribution >= 4 is 5.97 Å². The van der Waals surface area contributed by atoms with Gasteiger partial charge in [-0.2, -0.15) is 0 Å². The lowest BCUT2D eigenvalue weighted by atomic mass is 9.76. The minimum Gasteiger partial charge on any atom is -0.462 e. The van der Waals surface area contributed by atoms with Crippen molar-refractivity contribution < 1.29 is 14.3 Å². The normalized spacial score (nSPS) is 28.1. The van der Waals surface area contributed by atoms with Gasteiger partial charge in [-0.3, -0.25) is 4.79 Å². The van der Waals surface area contributed by atoms with E-state index in [-0.39, 0.29) is 5.97 Å². The van der Waals surface area contributed by atoms with Crippen molar-refractivity contribution in [2.45, 2.75) is 57.9 Å². The standard InChI is InChI=1S/C14H27NO3/c1-3-9-17-10-11-18-13(16)14(15)7-5-12(4-2)6-8-14/h12H,3-11,15H2,1-2H3. The van der Waals surface area contributed by atoms with Crippen LogP contribution in [-0.2, 0) is 14.3 Å². The van der Waals surface area contributed by atoms with Gasteiger partial charge in [0.05, 0.1) is 6.61 Å². The molecule has 18 heavy (non-hydrogen) atoms. The molecule has 0 amide bonds. The van der Waals surface area contributed by atoms with Crippen LogP contribution in [0.25, 0.3) is 0 Å². The van der Waals surface area contributed by atoms with Crippen LogP contribution in [0.4, 0.5) is 0 Å². The van der Waals surface area contributed by atoms with E-state index in [1.165, 1.54) is 6.42 Å².